The molecule has 7 nitrogen and oxygen atoms in total. The summed E-state index contributed by atoms with van der Waals surface area (Å²) >= 11 is 0. The molecule has 0 bridgehead atoms. The van der Waals surface area contributed by atoms with Crippen LogP contribution in [0.5, 0.6) is 0 Å². The predicted molar refractivity (Wildman–Crippen MR) is 49.0 cm³/mol. The predicted octanol–water partition coefficient (Wildman–Crippen LogP) is 0.709. The largest absolute Gasteiger partial charge is 0.359 e. The fraction of sp³-hybridized carbons (Fsp3) is 0. The second kappa shape index (κ2) is 3.37. The van der Waals surface area contributed by atoms with Crippen LogP contribution in [0.2, 0.25) is 0 Å². The summed E-state index contributed by atoms with van der Waals surface area (Å²) in [6.07, 6.45) is 2.12. The first-order valence-corrected chi connectivity index (χ1v) is 3.98. The van der Waals surface area contributed by atoms with Crippen molar-refractivity contribution < 1.29 is 14.5 Å². The molecule has 0 aliphatic rings. The fourth-order valence-electron chi connectivity index (χ4n) is 1.14. The number of aromatic nitrogens is 2. The van der Waals surface area contributed by atoms with Gasteiger partial charge in [-0.05, 0) is 16.5 Å². The lowest BCUT2D eigenvalue weighted by molar-refractivity contribution is -0.782. The monoisotopic (exact) mass is 207 g/mol. The molecule has 1 heterocycles. The van der Waals surface area contributed by atoms with E-state index in [2.05, 4.69) is 9.79 Å². The van der Waals surface area contributed by atoms with E-state index in [1.807, 2.05) is 0 Å². The molecule has 76 valence electrons. The van der Waals surface area contributed by atoms with Crippen LogP contribution in [0.4, 0.5) is 0 Å². The maximum atomic E-state index is 10.9. The summed E-state index contributed by atoms with van der Waals surface area (Å²) in [6, 6.07) is 4.57. The zero-order valence-corrected chi connectivity index (χ0v) is 7.36. The third kappa shape index (κ3) is 1.75. The number of nitro groups is 1. The molecule has 2 rings (SSSR count). The van der Waals surface area contributed by atoms with Crippen molar-refractivity contribution in [3.8, 4) is 0 Å². The Morgan fingerprint density at radius 3 is 3.07 bits per heavy atom. The van der Waals surface area contributed by atoms with Crippen molar-refractivity contribution in [1.82, 2.24) is 5.16 Å². The molecule has 1 aromatic carbocycles. The Bertz CT molecular complexity index is 546. The molecule has 0 unspecified atom stereocenters. The van der Waals surface area contributed by atoms with E-state index in [1.165, 1.54) is 18.2 Å². The Labute approximate surface area is 82.9 Å². The maximum Gasteiger partial charge on any atom is 0.249 e. The first kappa shape index (κ1) is 9.13. The summed E-state index contributed by atoms with van der Waals surface area (Å²) in [5, 5.41) is 24.5. The number of hydrogen-bond donors (Lipinski definition) is 0. The Balaban J connectivity index is 2.43. The van der Waals surface area contributed by atoms with Crippen molar-refractivity contribution >= 4 is 17.1 Å². The van der Waals surface area contributed by atoms with Crippen LogP contribution in [0.3, 0.4) is 0 Å². The van der Waals surface area contributed by atoms with Crippen LogP contribution in [0.25, 0.3) is 17.1 Å². The summed E-state index contributed by atoms with van der Waals surface area (Å²) in [5.41, 5.74) is 1.22. The van der Waals surface area contributed by atoms with Crippen molar-refractivity contribution in [2.45, 2.75) is 0 Å². The van der Waals surface area contributed by atoms with E-state index < -0.39 is 4.92 Å². The van der Waals surface area contributed by atoms with Crippen LogP contribution in [0.15, 0.2) is 29.0 Å². The number of rotatable bonds is 2. The van der Waals surface area contributed by atoms with Gasteiger partial charge in [-0.15, -0.1) is 0 Å². The molecule has 0 atom stereocenters. The molecule has 0 fully saturated rings. The molecule has 0 N–H and O–H groups in total. The molecule has 0 saturated carbocycles. The van der Waals surface area contributed by atoms with Crippen molar-refractivity contribution in [2.24, 2.45) is 0 Å². The van der Waals surface area contributed by atoms with Gasteiger partial charge in [0.05, 0.1) is 4.92 Å². The van der Waals surface area contributed by atoms with E-state index in [0.29, 0.717) is 11.1 Å². The average molecular weight is 207 g/mol. The minimum Gasteiger partial charge on any atom is -0.359 e. The van der Waals surface area contributed by atoms with Gasteiger partial charge in [0.2, 0.25) is 17.2 Å². The third-order valence-electron chi connectivity index (χ3n) is 1.80. The topological polar surface area (TPSA) is 96.1 Å². The SMILES string of the molecule is O=[N+]([O-])/C=C\c1ccc2c(c1)no[n+]2[O-]. The van der Waals surface area contributed by atoms with Gasteiger partial charge in [0.15, 0.2) is 0 Å². The van der Waals surface area contributed by atoms with Crippen molar-refractivity contribution in [1.29, 1.82) is 0 Å². The van der Waals surface area contributed by atoms with E-state index in [9.17, 15) is 15.3 Å². The van der Waals surface area contributed by atoms with E-state index in [1.54, 1.807) is 6.07 Å². The maximum absolute atomic E-state index is 10.9. The Morgan fingerprint density at radius 1 is 1.53 bits per heavy atom. The van der Waals surface area contributed by atoms with E-state index >= 15 is 0 Å². The Hall–Kier alpha value is -2.44. The second-order valence-electron chi connectivity index (χ2n) is 2.78. The van der Waals surface area contributed by atoms with Crippen LogP contribution in [-0.2, 0) is 0 Å². The highest BCUT2D eigenvalue weighted by molar-refractivity contribution is 5.73. The summed E-state index contributed by atoms with van der Waals surface area (Å²) < 4.78 is 4.35. The smallest absolute Gasteiger partial charge is 0.249 e. The van der Waals surface area contributed by atoms with Gasteiger partial charge in [-0.25, -0.2) is 0 Å². The van der Waals surface area contributed by atoms with Gasteiger partial charge in [0, 0.05) is 17.3 Å². The lowest BCUT2D eigenvalue weighted by atomic mass is 10.2. The minimum absolute atomic E-state index is 0.274. The summed E-state index contributed by atoms with van der Waals surface area (Å²) in [6.45, 7) is 0. The molecule has 0 radical (unpaired) electrons. The zero-order chi connectivity index (χ0) is 10.8. The number of hydrogen-bond acceptors (Lipinski definition) is 5. The highest BCUT2D eigenvalue weighted by Gasteiger charge is 2.08. The van der Waals surface area contributed by atoms with Crippen LogP contribution < -0.4 is 4.90 Å². The lowest BCUT2D eigenvalue weighted by Crippen LogP contribution is -2.22. The molecule has 0 saturated heterocycles. The number of fused-ring (bicyclic) bond motifs is 1. The Morgan fingerprint density at radius 2 is 2.33 bits per heavy atom. The minimum atomic E-state index is -0.569. The van der Waals surface area contributed by atoms with Crippen LogP contribution in [0.1, 0.15) is 5.56 Å². The first-order valence-electron chi connectivity index (χ1n) is 3.98. The molecule has 15 heavy (non-hydrogen) atoms. The van der Waals surface area contributed by atoms with E-state index in [0.717, 1.165) is 6.20 Å². The molecule has 0 aliphatic carbocycles. The molecule has 1 aromatic heterocycles. The van der Waals surface area contributed by atoms with Crippen molar-refractivity contribution in [3.05, 3.63) is 45.3 Å². The van der Waals surface area contributed by atoms with Gasteiger partial charge in [-0.2, -0.15) is 0 Å². The van der Waals surface area contributed by atoms with E-state index in [4.69, 9.17) is 0 Å². The van der Waals surface area contributed by atoms with Gasteiger partial charge in [0.1, 0.15) is 0 Å². The molecule has 0 spiro atoms. The summed E-state index contributed by atoms with van der Waals surface area (Å²) in [4.78, 5) is 9.78. The standard InChI is InChI=1S/C8H5N3O4/c12-10(13)4-3-6-1-2-8-7(5-6)9-15-11(8)14/h1-5H/b4-3-. The molecule has 0 aliphatic heterocycles. The van der Waals surface area contributed by atoms with E-state index in [-0.39, 0.29) is 10.4 Å². The first-order chi connectivity index (χ1) is 7.16. The summed E-state index contributed by atoms with van der Waals surface area (Å²) in [7, 11) is 0. The van der Waals surface area contributed by atoms with Gasteiger partial charge in [-0.1, -0.05) is 6.07 Å². The lowest BCUT2D eigenvalue weighted by Gasteiger charge is -1.88. The normalized spacial score (nSPS) is 11.2. The van der Waals surface area contributed by atoms with Crippen molar-refractivity contribution in [3.63, 3.8) is 0 Å². The van der Waals surface area contributed by atoms with Crippen molar-refractivity contribution in [2.75, 3.05) is 0 Å². The van der Waals surface area contributed by atoms with Gasteiger partial charge < -0.3 is 5.21 Å². The highest BCUT2D eigenvalue weighted by Crippen LogP contribution is 2.11. The van der Waals surface area contributed by atoms with Gasteiger partial charge >= 0.3 is 0 Å². The second-order valence-corrected chi connectivity index (χ2v) is 2.78. The Kier molecular flexibility index (Phi) is 2.05. The summed E-state index contributed by atoms with van der Waals surface area (Å²) in [5.74, 6) is 0. The molecular weight excluding hydrogens is 202 g/mol. The molecule has 7 heteroatoms. The number of nitrogens with zero attached hydrogens (tertiary/aromatic N) is 3. The number of benzene rings is 1. The highest BCUT2D eigenvalue weighted by atomic mass is 16.8. The molecular formula is C8H5N3O4. The van der Waals surface area contributed by atoms with Crippen LogP contribution in [-0.4, -0.2) is 10.1 Å². The average Bonchev–Trinajstić information content (AvgIpc) is 2.57. The van der Waals surface area contributed by atoms with Gasteiger partial charge in [0.25, 0.3) is 0 Å². The molecule has 2 aromatic rings. The quantitative estimate of drug-likeness (QED) is 0.410. The third-order valence-corrected chi connectivity index (χ3v) is 1.80. The fourth-order valence-corrected chi connectivity index (χ4v) is 1.14. The molecule has 0 amide bonds. The van der Waals surface area contributed by atoms with Gasteiger partial charge in [-0.3, -0.25) is 14.7 Å². The zero-order valence-electron chi connectivity index (χ0n) is 7.36. The van der Waals surface area contributed by atoms with Crippen LogP contribution >= 0.6 is 0 Å². The van der Waals surface area contributed by atoms with Crippen LogP contribution in [0, 0.1) is 15.3 Å².